The number of hydrogen-bond donors (Lipinski definition) is 1. The number of hydrogen-bond acceptors (Lipinski definition) is 3. The van der Waals surface area contributed by atoms with Crippen LogP contribution in [-0.2, 0) is 6.42 Å². The zero-order chi connectivity index (χ0) is 15.2. The number of ether oxygens (including phenoxy) is 2. The Morgan fingerprint density at radius 3 is 2.48 bits per heavy atom. The number of benzene rings is 2. The van der Waals surface area contributed by atoms with Crippen molar-refractivity contribution >= 4 is 15.9 Å². The molecule has 2 aromatic rings. The van der Waals surface area contributed by atoms with Crippen molar-refractivity contribution in [3.05, 3.63) is 58.1 Å². The Morgan fingerprint density at radius 2 is 1.86 bits per heavy atom. The molecule has 4 heteroatoms. The molecule has 0 spiro atoms. The minimum Gasteiger partial charge on any atom is -0.497 e. The molecule has 21 heavy (non-hydrogen) atoms. The van der Waals surface area contributed by atoms with E-state index in [0.29, 0.717) is 0 Å². The van der Waals surface area contributed by atoms with Crippen LogP contribution in [-0.4, -0.2) is 21.3 Å². The van der Waals surface area contributed by atoms with Gasteiger partial charge >= 0.3 is 0 Å². The molecule has 0 aliphatic heterocycles. The first kappa shape index (κ1) is 15.9. The lowest BCUT2D eigenvalue weighted by molar-refractivity contribution is 0.391. The monoisotopic (exact) mass is 349 g/mol. The minimum absolute atomic E-state index is 0.147. The fourth-order valence-electron chi connectivity index (χ4n) is 2.36. The Hall–Kier alpha value is -1.52. The van der Waals surface area contributed by atoms with E-state index in [4.69, 9.17) is 9.47 Å². The molecule has 0 aliphatic carbocycles. The standard InChI is InChI=1S/C17H20BrNO2/c1-19-16(10-12-6-4-5-7-15(12)18)14-11-13(20-2)8-9-17(14)21-3/h4-9,11,16,19H,10H2,1-3H3. The zero-order valence-corrected chi connectivity index (χ0v) is 14.1. The third kappa shape index (κ3) is 3.77. The van der Waals surface area contributed by atoms with Crippen molar-refractivity contribution in [3.8, 4) is 11.5 Å². The summed E-state index contributed by atoms with van der Waals surface area (Å²) in [6.45, 7) is 0. The topological polar surface area (TPSA) is 30.5 Å². The maximum absolute atomic E-state index is 5.49. The lowest BCUT2D eigenvalue weighted by atomic mass is 9.98. The van der Waals surface area contributed by atoms with Crippen LogP contribution in [0, 0.1) is 0 Å². The number of likely N-dealkylation sites (N-methyl/N-ethyl adjacent to an activating group) is 1. The molecular weight excluding hydrogens is 330 g/mol. The van der Waals surface area contributed by atoms with Gasteiger partial charge in [-0.1, -0.05) is 34.1 Å². The van der Waals surface area contributed by atoms with Gasteiger partial charge in [0.05, 0.1) is 14.2 Å². The van der Waals surface area contributed by atoms with E-state index in [2.05, 4.69) is 39.4 Å². The summed E-state index contributed by atoms with van der Waals surface area (Å²) in [6, 6.07) is 14.3. The predicted molar refractivity (Wildman–Crippen MR) is 89.2 cm³/mol. The first-order chi connectivity index (χ1) is 10.2. The smallest absolute Gasteiger partial charge is 0.123 e. The molecule has 0 radical (unpaired) electrons. The second-order valence-corrected chi connectivity index (χ2v) is 5.60. The van der Waals surface area contributed by atoms with Crippen LogP contribution in [0.4, 0.5) is 0 Å². The van der Waals surface area contributed by atoms with E-state index in [1.165, 1.54) is 5.56 Å². The van der Waals surface area contributed by atoms with E-state index in [0.717, 1.165) is 28.0 Å². The molecule has 3 nitrogen and oxygen atoms in total. The van der Waals surface area contributed by atoms with E-state index < -0.39 is 0 Å². The Labute approximate surface area is 134 Å². The van der Waals surface area contributed by atoms with Gasteiger partial charge < -0.3 is 14.8 Å². The minimum atomic E-state index is 0.147. The highest BCUT2D eigenvalue weighted by Crippen LogP contribution is 2.32. The molecule has 112 valence electrons. The molecule has 1 atom stereocenters. The van der Waals surface area contributed by atoms with Gasteiger partial charge in [0.15, 0.2) is 0 Å². The molecule has 0 amide bonds. The van der Waals surface area contributed by atoms with Crippen LogP contribution in [0.15, 0.2) is 46.9 Å². The highest BCUT2D eigenvalue weighted by molar-refractivity contribution is 9.10. The van der Waals surface area contributed by atoms with Crippen molar-refractivity contribution in [2.75, 3.05) is 21.3 Å². The summed E-state index contributed by atoms with van der Waals surface area (Å²) in [5.74, 6) is 1.69. The molecule has 0 fully saturated rings. The Kier molecular flexibility index (Phi) is 5.65. The van der Waals surface area contributed by atoms with Gasteiger partial charge in [-0.15, -0.1) is 0 Å². The number of nitrogens with one attached hydrogen (secondary N) is 1. The van der Waals surface area contributed by atoms with Crippen molar-refractivity contribution in [1.29, 1.82) is 0 Å². The summed E-state index contributed by atoms with van der Waals surface area (Å²) in [4.78, 5) is 0. The second-order valence-electron chi connectivity index (χ2n) is 4.74. The molecule has 0 heterocycles. The van der Waals surface area contributed by atoms with Gasteiger partial charge in [0, 0.05) is 16.1 Å². The van der Waals surface area contributed by atoms with Gasteiger partial charge in [0.25, 0.3) is 0 Å². The van der Waals surface area contributed by atoms with Crippen LogP contribution in [0.1, 0.15) is 17.2 Å². The van der Waals surface area contributed by atoms with Gasteiger partial charge in [0.2, 0.25) is 0 Å². The van der Waals surface area contributed by atoms with Crippen molar-refractivity contribution in [1.82, 2.24) is 5.32 Å². The van der Waals surface area contributed by atoms with E-state index in [-0.39, 0.29) is 6.04 Å². The molecule has 1 unspecified atom stereocenters. The van der Waals surface area contributed by atoms with Crippen LogP contribution in [0.3, 0.4) is 0 Å². The van der Waals surface area contributed by atoms with Crippen molar-refractivity contribution in [2.24, 2.45) is 0 Å². The summed E-state index contributed by atoms with van der Waals surface area (Å²) in [5, 5.41) is 3.36. The second kappa shape index (κ2) is 7.48. The van der Waals surface area contributed by atoms with Crippen LogP contribution in [0.5, 0.6) is 11.5 Å². The molecular formula is C17H20BrNO2. The highest BCUT2D eigenvalue weighted by atomic mass is 79.9. The average molecular weight is 350 g/mol. The molecule has 0 aromatic heterocycles. The van der Waals surface area contributed by atoms with Crippen molar-refractivity contribution in [2.45, 2.75) is 12.5 Å². The van der Waals surface area contributed by atoms with E-state index in [9.17, 15) is 0 Å². The fourth-order valence-corrected chi connectivity index (χ4v) is 2.81. The van der Waals surface area contributed by atoms with Crippen LogP contribution in [0.25, 0.3) is 0 Å². The van der Waals surface area contributed by atoms with Crippen molar-refractivity contribution in [3.63, 3.8) is 0 Å². The Morgan fingerprint density at radius 1 is 1.10 bits per heavy atom. The highest BCUT2D eigenvalue weighted by Gasteiger charge is 2.17. The predicted octanol–water partition coefficient (Wildman–Crippen LogP) is 3.97. The molecule has 2 aromatic carbocycles. The molecule has 0 saturated carbocycles. The lowest BCUT2D eigenvalue weighted by Crippen LogP contribution is -2.20. The van der Waals surface area contributed by atoms with Crippen LogP contribution in [0.2, 0.25) is 0 Å². The van der Waals surface area contributed by atoms with E-state index in [1.807, 2.05) is 31.3 Å². The first-order valence-electron chi connectivity index (χ1n) is 6.82. The number of rotatable bonds is 6. The summed E-state index contributed by atoms with van der Waals surface area (Å²) < 4.78 is 11.9. The lowest BCUT2D eigenvalue weighted by Gasteiger charge is -2.21. The maximum Gasteiger partial charge on any atom is 0.123 e. The number of halogens is 1. The van der Waals surface area contributed by atoms with Gasteiger partial charge in [-0.2, -0.15) is 0 Å². The van der Waals surface area contributed by atoms with E-state index >= 15 is 0 Å². The van der Waals surface area contributed by atoms with Gasteiger partial charge in [-0.3, -0.25) is 0 Å². The summed E-state index contributed by atoms with van der Waals surface area (Å²) in [7, 11) is 5.32. The van der Waals surface area contributed by atoms with Gasteiger partial charge in [-0.25, -0.2) is 0 Å². The molecule has 0 aliphatic rings. The summed E-state index contributed by atoms with van der Waals surface area (Å²) in [5.41, 5.74) is 2.34. The first-order valence-corrected chi connectivity index (χ1v) is 7.61. The van der Waals surface area contributed by atoms with Gasteiger partial charge in [0.1, 0.15) is 11.5 Å². The third-order valence-electron chi connectivity index (χ3n) is 3.54. The van der Waals surface area contributed by atoms with E-state index in [1.54, 1.807) is 14.2 Å². The van der Waals surface area contributed by atoms with Crippen LogP contribution < -0.4 is 14.8 Å². The molecule has 0 saturated heterocycles. The summed E-state index contributed by atoms with van der Waals surface area (Å²) >= 11 is 3.61. The van der Waals surface area contributed by atoms with Gasteiger partial charge in [-0.05, 0) is 43.3 Å². The summed E-state index contributed by atoms with van der Waals surface area (Å²) in [6.07, 6.45) is 0.863. The average Bonchev–Trinajstić information content (AvgIpc) is 2.53. The van der Waals surface area contributed by atoms with Crippen molar-refractivity contribution < 1.29 is 9.47 Å². The largest absolute Gasteiger partial charge is 0.497 e. The number of methoxy groups -OCH3 is 2. The Bertz CT molecular complexity index is 601. The fraction of sp³-hybridized carbons (Fsp3) is 0.294. The molecule has 2 rings (SSSR count). The SMILES string of the molecule is CNC(Cc1ccccc1Br)c1cc(OC)ccc1OC. The maximum atomic E-state index is 5.49. The third-order valence-corrected chi connectivity index (χ3v) is 4.32. The Balaban J connectivity index is 2.34. The zero-order valence-electron chi connectivity index (χ0n) is 12.5. The normalized spacial score (nSPS) is 12.0. The molecule has 1 N–H and O–H groups in total. The quantitative estimate of drug-likeness (QED) is 0.855. The molecule has 0 bridgehead atoms. The van der Waals surface area contributed by atoms with Crippen LogP contribution >= 0.6 is 15.9 Å².